The lowest BCUT2D eigenvalue weighted by molar-refractivity contribution is 0.410. The van der Waals surface area contributed by atoms with E-state index < -0.39 is 0 Å². The summed E-state index contributed by atoms with van der Waals surface area (Å²) in [6.45, 7) is 4.69. The highest BCUT2D eigenvalue weighted by Crippen LogP contribution is 2.21. The largest absolute Gasteiger partial charge is 0.496 e. The van der Waals surface area contributed by atoms with Crippen molar-refractivity contribution in [1.82, 2.24) is 10.2 Å². The molecule has 0 aliphatic carbocycles. The summed E-state index contributed by atoms with van der Waals surface area (Å²) in [5, 5.41) is 11.8. The Morgan fingerprint density at radius 1 is 1.15 bits per heavy atom. The number of rotatable bonds is 5. The predicted octanol–water partition coefficient (Wildman–Crippen LogP) is 3.41. The SMILES string of the molecule is COc1ccccc1CCNc1nnc(Cl)c(C)c1C. The van der Waals surface area contributed by atoms with Gasteiger partial charge in [-0.05, 0) is 43.0 Å². The zero-order chi connectivity index (χ0) is 14.5. The van der Waals surface area contributed by atoms with Gasteiger partial charge in [-0.1, -0.05) is 29.8 Å². The van der Waals surface area contributed by atoms with Gasteiger partial charge in [0.25, 0.3) is 0 Å². The average Bonchev–Trinajstić information content (AvgIpc) is 2.47. The first kappa shape index (κ1) is 14.6. The van der Waals surface area contributed by atoms with E-state index in [-0.39, 0.29) is 0 Å². The van der Waals surface area contributed by atoms with E-state index in [9.17, 15) is 0 Å². The monoisotopic (exact) mass is 291 g/mol. The van der Waals surface area contributed by atoms with E-state index in [1.807, 2.05) is 32.0 Å². The molecule has 0 aliphatic rings. The summed E-state index contributed by atoms with van der Waals surface area (Å²) in [6, 6.07) is 8.00. The molecule has 0 fully saturated rings. The van der Waals surface area contributed by atoms with Gasteiger partial charge in [0, 0.05) is 6.54 Å². The highest BCUT2D eigenvalue weighted by molar-refractivity contribution is 6.30. The van der Waals surface area contributed by atoms with Gasteiger partial charge in [0.1, 0.15) is 5.75 Å². The van der Waals surface area contributed by atoms with Crippen LogP contribution >= 0.6 is 11.6 Å². The fraction of sp³-hybridized carbons (Fsp3) is 0.333. The Morgan fingerprint density at radius 2 is 1.90 bits per heavy atom. The maximum absolute atomic E-state index is 5.94. The summed E-state index contributed by atoms with van der Waals surface area (Å²) < 4.78 is 5.33. The number of halogens is 1. The van der Waals surface area contributed by atoms with Crippen molar-refractivity contribution in [3.05, 3.63) is 46.1 Å². The van der Waals surface area contributed by atoms with E-state index in [2.05, 4.69) is 21.6 Å². The quantitative estimate of drug-likeness (QED) is 0.917. The number of para-hydroxylation sites is 1. The smallest absolute Gasteiger partial charge is 0.155 e. The Labute approximate surface area is 124 Å². The first-order valence-corrected chi connectivity index (χ1v) is 6.86. The van der Waals surface area contributed by atoms with Crippen molar-refractivity contribution in [2.75, 3.05) is 19.0 Å². The summed E-state index contributed by atoms with van der Waals surface area (Å²) in [5.41, 5.74) is 3.16. The molecule has 106 valence electrons. The molecule has 0 saturated carbocycles. The van der Waals surface area contributed by atoms with Crippen molar-refractivity contribution in [3.8, 4) is 5.75 Å². The molecule has 1 N–H and O–H groups in total. The van der Waals surface area contributed by atoms with Gasteiger partial charge >= 0.3 is 0 Å². The lowest BCUT2D eigenvalue weighted by Gasteiger charge is -2.11. The van der Waals surface area contributed by atoms with Crippen LogP contribution in [0.2, 0.25) is 5.15 Å². The van der Waals surface area contributed by atoms with E-state index >= 15 is 0 Å². The Kier molecular flexibility index (Phi) is 4.79. The summed E-state index contributed by atoms with van der Waals surface area (Å²) in [6.07, 6.45) is 0.854. The summed E-state index contributed by atoms with van der Waals surface area (Å²) >= 11 is 5.94. The number of anilines is 1. The Bertz CT molecular complexity index is 602. The second-order valence-corrected chi connectivity index (χ2v) is 4.94. The van der Waals surface area contributed by atoms with Crippen LogP contribution in [0.4, 0.5) is 5.82 Å². The molecular formula is C15H18ClN3O. The molecule has 0 unspecified atom stereocenters. The minimum Gasteiger partial charge on any atom is -0.496 e. The Morgan fingerprint density at radius 3 is 2.65 bits per heavy atom. The summed E-state index contributed by atoms with van der Waals surface area (Å²) in [7, 11) is 1.68. The van der Waals surface area contributed by atoms with Crippen molar-refractivity contribution < 1.29 is 4.74 Å². The van der Waals surface area contributed by atoms with E-state index in [0.29, 0.717) is 5.15 Å². The van der Waals surface area contributed by atoms with Crippen molar-refractivity contribution in [2.45, 2.75) is 20.3 Å². The lowest BCUT2D eigenvalue weighted by Crippen LogP contribution is -2.10. The van der Waals surface area contributed by atoms with Crippen LogP contribution in [-0.4, -0.2) is 23.9 Å². The molecule has 2 rings (SSSR count). The summed E-state index contributed by atoms with van der Waals surface area (Å²) in [4.78, 5) is 0. The second-order valence-electron chi connectivity index (χ2n) is 4.58. The number of hydrogen-bond acceptors (Lipinski definition) is 4. The molecule has 0 aliphatic heterocycles. The van der Waals surface area contributed by atoms with Gasteiger partial charge in [0.15, 0.2) is 11.0 Å². The first-order valence-electron chi connectivity index (χ1n) is 6.48. The van der Waals surface area contributed by atoms with Crippen molar-refractivity contribution >= 4 is 17.4 Å². The standard InChI is InChI=1S/C15H18ClN3O/c1-10-11(2)15(19-18-14(10)16)17-9-8-12-6-4-5-7-13(12)20-3/h4-7H,8-9H2,1-3H3,(H,17,19). The van der Waals surface area contributed by atoms with Gasteiger partial charge in [-0.15, -0.1) is 10.2 Å². The summed E-state index contributed by atoms with van der Waals surface area (Å²) in [5.74, 6) is 1.69. The molecule has 5 heteroatoms. The third kappa shape index (κ3) is 3.20. The van der Waals surface area contributed by atoms with Crippen LogP contribution in [0.25, 0.3) is 0 Å². The molecule has 0 saturated heterocycles. The third-order valence-electron chi connectivity index (χ3n) is 3.34. The molecule has 0 atom stereocenters. The van der Waals surface area contributed by atoms with Crippen LogP contribution in [0.1, 0.15) is 16.7 Å². The fourth-order valence-electron chi connectivity index (χ4n) is 1.97. The van der Waals surface area contributed by atoms with Crippen molar-refractivity contribution in [2.24, 2.45) is 0 Å². The highest BCUT2D eigenvalue weighted by atomic mass is 35.5. The number of benzene rings is 1. The molecule has 2 aromatic rings. The molecule has 4 nitrogen and oxygen atoms in total. The number of nitrogens with one attached hydrogen (secondary N) is 1. The molecule has 1 heterocycles. The van der Waals surface area contributed by atoms with E-state index in [0.717, 1.165) is 35.7 Å². The van der Waals surface area contributed by atoms with E-state index in [1.165, 1.54) is 5.56 Å². The van der Waals surface area contributed by atoms with Crippen LogP contribution in [-0.2, 0) is 6.42 Å². The number of nitrogens with zero attached hydrogens (tertiary/aromatic N) is 2. The van der Waals surface area contributed by atoms with Gasteiger partial charge < -0.3 is 10.1 Å². The van der Waals surface area contributed by atoms with Gasteiger partial charge in [0.05, 0.1) is 7.11 Å². The highest BCUT2D eigenvalue weighted by Gasteiger charge is 2.08. The van der Waals surface area contributed by atoms with Crippen LogP contribution in [0.3, 0.4) is 0 Å². The topological polar surface area (TPSA) is 47.0 Å². The molecule has 1 aromatic heterocycles. The maximum Gasteiger partial charge on any atom is 0.155 e. The van der Waals surface area contributed by atoms with Crippen LogP contribution in [0.15, 0.2) is 24.3 Å². The molecule has 0 amide bonds. The average molecular weight is 292 g/mol. The van der Waals surface area contributed by atoms with Gasteiger partial charge in [0.2, 0.25) is 0 Å². The van der Waals surface area contributed by atoms with Gasteiger partial charge in [-0.2, -0.15) is 0 Å². The molecule has 20 heavy (non-hydrogen) atoms. The number of methoxy groups -OCH3 is 1. The number of aromatic nitrogens is 2. The maximum atomic E-state index is 5.94. The first-order chi connectivity index (χ1) is 9.63. The van der Waals surface area contributed by atoms with Crippen LogP contribution in [0.5, 0.6) is 5.75 Å². The molecule has 1 aromatic carbocycles. The number of ether oxygens (including phenoxy) is 1. The minimum atomic E-state index is 0.456. The lowest BCUT2D eigenvalue weighted by atomic mass is 10.1. The molecule has 0 radical (unpaired) electrons. The van der Waals surface area contributed by atoms with E-state index in [1.54, 1.807) is 7.11 Å². The zero-order valence-electron chi connectivity index (χ0n) is 11.9. The molecule has 0 bridgehead atoms. The minimum absolute atomic E-state index is 0.456. The number of hydrogen-bond donors (Lipinski definition) is 1. The van der Waals surface area contributed by atoms with Crippen molar-refractivity contribution in [3.63, 3.8) is 0 Å². The van der Waals surface area contributed by atoms with Crippen LogP contribution in [0, 0.1) is 13.8 Å². The third-order valence-corrected chi connectivity index (χ3v) is 3.70. The Balaban J connectivity index is 2.01. The molecule has 0 spiro atoms. The van der Waals surface area contributed by atoms with E-state index in [4.69, 9.17) is 16.3 Å². The second kappa shape index (κ2) is 6.57. The van der Waals surface area contributed by atoms with Crippen molar-refractivity contribution in [1.29, 1.82) is 0 Å². The normalized spacial score (nSPS) is 10.4. The van der Waals surface area contributed by atoms with Gasteiger partial charge in [-0.25, -0.2) is 0 Å². The van der Waals surface area contributed by atoms with Gasteiger partial charge in [-0.3, -0.25) is 0 Å². The zero-order valence-corrected chi connectivity index (χ0v) is 12.7. The van der Waals surface area contributed by atoms with Crippen LogP contribution < -0.4 is 10.1 Å². The predicted molar refractivity (Wildman–Crippen MR) is 81.7 cm³/mol. The fourth-order valence-corrected chi connectivity index (χ4v) is 2.15. The Hall–Kier alpha value is -1.81. The molecular weight excluding hydrogens is 274 g/mol.